The van der Waals surface area contributed by atoms with Crippen molar-refractivity contribution in [1.29, 1.82) is 0 Å². The molecule has 1 amide bonds. The third kappa shape index (κ3) is 5.03. The van der Waals surface area contributed by atoms with Crippen molar-refractivity contribution < 1.29 is 22.7 Å². The summed E-state index contributed by atoms with van der Waals surface area (Å²) in [6, 6.07) is 6.80. The Bertz CT molecular complexity index is 693. The number of carbonyl (C=O) groups is 1. The van der Waals surface area contributed by atoms with E-state index in [0.717, 1.165) is 25.2 Å². The molecule has 26 heavy (non-hydrogen) atoms. The number of sulfonamides is 1. The molecule has 3 rings (SSSR count). The predicted molar refractivity (Wildman–Crippen MR) is 96.3 cm³/mol. The third-order valence-corrected chi connectivity index (χ3v) is 6.70. The van der Waals surface area contributed by atoms with Crippen LogP contribution >= 0.6 is 0 Å². The van der Waals surface area contributed by atoms with E-state index in [4.69, 9.17) is 9.47 Å². The van der Waals surface area contributed by atoms with Crippen LogP contribution in [0.3, 0.4) is 0 Å². The number of carbonyl (C=O) groups excluding carboxylic acids is 1. The van der Waals surface area contributed by atoms with Gasteiger partial charge in [0, 0.05) is 38.6 Å². The van der Waals surface area contributed by atoms with Gasteiger partial charge in [0.05, 0.1) is 24.7 Å². The lowest BCUT2D eigenvalue weighted by atomic mass is 10.1. The van der Waals surface area contributed by atoms with Gasteiger partial charge >= 0.3 is 0 Å². The van der Waals surface area contributed by atoms with E-state index in [1.807, 2.05) is 0 Å². The first-order chi connectivity index (χ1) is 12.6. The second-order valence-electron chi connectivity index (χ2n) is 6.69. The van der Waals surface area contributed by atoms with Gasteiger partial charge in [-0.15, -0.1) is 0 Å². The van der Waals surface area contributed by atoms with Gasteiger partial charge < -0.3 is 14.8 Å². The van der Waals surface area contributed by atoms with E-state index < -0.39 is 10.0 Å². The molecule has 0 radical (unpaired) electrons. The molecule has 144 valence electrons. The number of aryl methyl sites for hydroxylation is 1. The molecule has 2 aliphatic rings. The van der Waals surface area contributed by atoms with Gasteiger partial charge in [-0.1, -0.05) is 12.1 Å². The highest BCUT2D eigenvalue weighted by molar-refractivity contribution is 7.89. The van der Waals surface area contributed by atoms with Crippen molar-refractivity contribution in [2.45, 2.75) is 24.2 Å². The van der Waals surface area contributed by atoms with Crippen LogP contribution in [-0.2, 0) is 30.7 Å². The molecule has 2 heterocycles. The summed E-state index contributed by atoms with van der Waals surface area (Å²) >= 11 is 0. The number of ether oxygens (including phenoxy) is 2. The Kier molecular flexibility index (Phi) is 6.63. The lowest BCUT2D eigenvalue weighted by Gasteiger charge is -2.26. The van der Waals surface area contributed by atoms with Gasteiger partial charge in [0.25, 0.3) is 0 Å². The SMILES string of the molecule is O=C(CCc1ccc(S(=O)(=O)N2CCOCC2)cc1)NCC1CCOC1. The number of nitrogens with zero attached hydrogens (tertiary/aromatic N) is 1. The van der Waals surface area contributed by atoms with E-state index in [1.54, 1.807) is 24.3 Å². The van der Waals surface area contributed by atoms with Crippen LogP contribution in [0, 0.1) is 5.92 Å². The molecule has 0 saturated carbocycles. The van der Waals surface area contributed by atoms with Crippen LogP contribution < -0.4 is 5.32 Å². The number of hydrogen-bond acceptors (Lipinski definition) is 5. The summed E-state index contributed by atoms with van der Waals surface area (Å²) in [5.74, 6) is 0.436. The van der Waals surface area contributed by atoms with Gasteiger partial charge in [0.1, 0.15) is 0 Å². The number of morpholine rings is 1. The molecule has 1 aromatic rings. The second kappa shape index (κ2) is 8.94. The molecule has 0 aliphatic carbocycles. The van der Waals surface area contributed by atoms with Crippen molar-refractivity contribution in [3.05, 3.63) is 29.8 Å². The van der Waals surface area contributed by atoms with Crippen molar-refractivity contribution in [2.24, 2.45) is 5.92 Å². The average Bonchev–Trinajstić information content (AvgIpc) is 3.19. The quantitative estimate of drug-likeness (QED) is 0.754. The van der Waals surface area contributed by atoms with E-state index in [9.17, 15) is 13.2 Å². The Labute approximate surface area is 154 Å². The van der Waals surface area contributed by atoms with Gasteiger partial charge in [-0.2, -0.15) is 4.31 Å². The minimum absolute atomic E-state index is 0.0157. The molecule has 1 aromatic carbocycles. The first-order valence-corrected chi connectivity index (χ1v) is 10.5. The summed E-state index contributed by atoms with van der Waals surface area (Å²) in [6.45, 7) is 3.79. The second-order valence-corrected chi connectivity index (χ2v) is 8.63. The topological polar surface area (TPSA) is 84.9 Å². The number of amides is 1. The first kappa shape index (κ1) is 19.3. The minimum Gasteiger partial charge on any atom is -0.381 e. The van der Waals surface area contributed by atoms with Crippen LogP contribution in [0.15, 0.2) is 29.2 Å². The number of rotatable bonds is 7. The van der Waals surface area contributed by atoms with Gasteiger partial charge in [-0.3, -0.25) is 4.79 Å². The lowest BCUT2D eigenvalue weighted by molar-refractivity contribution is -0.121. The Balaban J connectivity index is 1.48. The molecule has 2 fully saturated rings. The predicted octanol–water partition coefficient (Wildman–Crippen LogP) is 0.793. The Morgan fingerprint density at radius 1 is 1.12 bits per heavy atom. The third-order valence-electron chi connectivity index (χ3n) is 4.78. The summed E-state index contributed by atoms with van der Waals surface area (Å²) < 4.78 is 37.1. The van der Waals surface area contributed by atoms with Crippen LogP contribution in [0.5, 0.6) is 0 Å². The van der Waals surface area contributed by atoms with Crippen LogP contribution in [0.4, 0.5) is 0 Å². The molecular weight excluding hydrogens is 356 g/mol. The monoisotopic (exact) mass is 382 g/mol. The van der Waals surface area contributed by atoms with Crippen molar-refractivity contribution in [2.75, 3.05) is 46.1 Å². The van der Waals surface area contributed by atoms with E-state index >= 15 is 0 Å². The highest BCUT2D eigenvalue weighted by Crippen LogP contribution is 2.18. The fourth-order valence-corrected chi connectivity index (χ4v) is 4.52. The maximum absolute atomic E-state index is 12.6. The fourth-order valence-electron chi connectivity index (χ4n) is 3.11. The van der Waals surface area contributed by atoms with Crippen LogP contribution in [0.1, 0.15) is 18.4 Å². The van der Waals surface area contributed by atoms with Gasteiger partial charge in [-0.05, 0) is 30.5 Å². The zero-order chi connectivity index (χ0) is 18.4. The molecule has 2 saturated heterocycles. The Morgan fingerprint density at radius 3 is 2.50 bits per heavy atom. The highest BCUT2D eigenvalue weighted by atomic mass is 32.2. The molecule has 0 bridgehead atoms. The minimum atomic E-state index is -3.47. The van der Waals surface area contributed by atoms with E-state index in [-0.39, 0.29) is 10.8 Å². The van der Waals surface area contributed by atoms with E-state index in [1.165, 1.54) is 4.31 Å². The summed E-state index contributed by atoms with van der Waals surface area (Å²) in [7, 11) is -3.47. The summed E-state index contributed by atoms with van der Waals surface area (Å²) in [6.07, 6.45) is 1.98. The van der Waals surface area contributed by atoms with Crippen molar-refractivity contribution in [1.82, 2.24) is 9.62 Å². The van der Waals surface area contributed by atoms with Gasteiger partial charge in [0.15, 0.2) is 0 Å². The maximum atomic E-state index is 12.6. The fraction of sp³-hybridized carbons (Fsp3) is 0.611. The molecule has 2 aliphatic heterocycles. The molecule has 0 spiro atoms. The smallest absolute Gasteiger partial charge is 0.243 e. The largest absolute Gasteiger partial charge is 0.381 e. The number of benzene rings is 1. The van der Waals surface area contributed by atoms with Crippen molar-refractivity contribution in [3.63, 3.8) is 0 Å². The maximum Gasteiger partial charge on any atom is 0.243 e. The number of hydrogen-bond donors (Lipinski definition) is 1. The molecule has 1 unspecified atom stereocenters. The van der Waals surface area contributed by atoms with Crippen LogP contribution in [-0.4, -0.2) is 64.7 Å². The molecule has 0 aromatic heterocycles. The summed E-state index contributed by atoms with van der Waals surface area (Å²) in [4.78, 5) is 12.2. The standard InChI is InChI=1S/C18H26N2O5S/c21-18(19-13-16-7-10-25-14-16)6-3-15-1-4-17(5-2-15)26(22,23)20-8-11-24-12-9-20/h1-2,4-5,16H,3,6-14H2,(H,19,21). The zero-order valence-electron chi connectivity index (χ0n) is 14.9. The van der Waals surface area contributed by atoms with E-state index in [2.05, 4.69) is 5.32 Å². The molecule has 7 nitrogen and oxygen atoms in total. The van der Waals surface area contributed by atoms with Crippen LogP contribution in [0.2, 0.25) is 0 Å². The molecule has 1 N–H and O–H groups in total. The summed E-state index contributed by atoms with van der Waals surface area (Å²) in [5, 5.41) is 2.94. The first-order valence-electron chi connectivity index (χ1n) is 9.07. The van der Waals surface area contributed by atoms with Crippen molar-refractivity contribution >= 4 is 15.9 Å². The molecule has 1 atom stereocenters. The summed E-state index contributed by atoms with van der Waals surface area (Å²) in [5.41, 5.74) is 0.949. The normalized spacial score (nSPS) is 21.6. The number of nitrogens with one attached hydrogen (secondary N) is 1. The van der Waals surface area contributed by atoms with Gasteiger partial charge in [0.2, 0.25) is 15.9 Å². The Morgan fingerprint density at radius 2 is 1.85 bits per heavy atom. The Hall–Kier alpha value is -1.48. The van der Waals surface area contributed by atoms with Crippen LogP contribution in [0.25, 0.3) is 0 Å². The van der Waals surface area contributed by atoms with Crippen molar-refractivity contribution in [3.8, 4) is 0 Å². The lowest BCUT2D eigenvalue weighted by Crippen LogP contribution is -2.40. The highest BCUT2D eigenvalue weighted by Gasteiger charge is 2.26. The molecular formula is C18H26N2O5S. The average molecular weight is 382 g/mol. The zero-order valence-corrected chi connectivity index (χ0v) is 15.7. The molecule has 8 heteroatoms. The van der Waals surface area contributed by atoms with E-state index in [0.29, 0.717) is 51.6 Å². The van der Waals surface area contributed by atoms with Gasteiger partial charge in [-0.25, -0.2) is 8.42 Å².